The second-order valence-electron chi connectivity index (χ2n) is 7.09. The number of amides is 1. The number of nitrogens with one attached hydrogen (secondary N) is 3. The maximum atomic E-state index is 12.4. The zero-order valence-electron chi connectivity index (χ0n) is 15.7. The smallest absolute Gasteiger partial charge is 0.242 e. The first-order chi connectivity index (χ1) is 13.0. The van der Waals surface area contributed by atoms with Gasteiger partial charge < -0.3 is 10.6 Å². The van der Waals surface area contributed by atoms with E-state index in [1.807, 2.05) is 20.8 Å². The molecule has 0 saturated heterocycles. The van der Waals surface area contributed by atoms with E-state index in [1.54, 1.807) is 29.8 Å². The molecule has 3 N–H and O–H groups in total. The van der Waals surface area contributed by atoms with Crippen LogP contribution in [0.3, 0.4) is 0 Å². The number of halogens is 2. The molecule has 0 bridgehead atoms. The van der Waals surface area contributed by atoms with E-state index in [1.165, 1.54) is 23.9 Å². The third-order valence-electron chi connectivity index (χ3n) is 4.47. The van der Waals surface area contributed by atoms with Gasteiger partial charge in [-0.3, -0.25) is 4.79 Å². The summed E-state index contributed by atoms with van der Waals surface area (Å²) < 4.78 is 27.4. The summed E-state index contributed by atoms with van der Waals surface area (Å²) in [5.74, 6) is -0.180. The van der Waals surface area contributed by atoms with Crippen molar-refractivity contribution in [2.45, 2.75) is 37.6 Å². The highest BCUT2D eigenvalue weighted by Gasteiger charge is 2.28. The second-order valence-corrected chi connectivity index (χ2v) is 10.8. The number of hydrogen-bond donors (Lipinski definition) is 3. The van der Waals surface area contributed by atoms with Gasteiger partial charge in [0, 0.05) is 18.3 Å². The minimum Gasteiger partial charge on any atom is -0.366 e. The Kier molecular flexibility index (Phi) is 7.87. The number of anilines is 1. The number of rotatable bonds is 8. The molecule has 1 aliphatic heterocycles. The van der Waals surface area contributed by atoms with E-state index in [9.17, 15) is 13.2 Å². The van der Waals surface area contributed by atoms with Gasteiger partial charge >= 0.3 is 0 Å². The fourth-order valence-corrected chi connectivity index (χ4v) is 4.90. The topological polar surface area (TPSA) is 87.3 Å². The Balaban J connectivity index is 1.98. The summed E-state index contributed by atoms with van der Waals surface area (Å²) in [6.07, 6.45) is 3.64. The van der Waals surface area contributed by atoms with E-state index in [0.717, 1.165) is 0 Å². The maximum absolute atomic E-state index is 12.4. The van der Waals surface area contributed by atoms with E-state index in [4.69, 9.17) is 23.2 Å². The molecular weight excluding hydrogens is 441 g/mol. The summed E-state index contributed by atoms with van der Waals surface area (Å²) in [5, 5.41) is 7.44. The predicted molar refractivity (Wildman–Crippen MR) is 116 cm³/mol. The van der Waals surface area contributed by atoms with Gasteiger partial charge in [-0.1, -0.05) is 61.8 Å². The lowest BCUT2D eigenvalue weighted by atomic mass is 9.77. The normalized spacial score (nSPS) is 17.7. The summed E-state index contributed by atoms with van der Waals surface area (Å²) in [4.78, 5) is 12.5. The Labute approximate surface area is 180 Å². The third-order valence-corrected chi connectivity index (χ3v) is 7.12. The zero-order chi connectivity index (χ0) is 20.9. The molecule has 10 heteroatoms. The Morgan fingerprint density at radius 1 is 1.32 bits per heavy atom. The van der Waals surface area contributed by atoms with Crippen molar-refractivity contribution >= 4 is 56.6 Å². The summed E-state index contributed by atoms with van der Waals surface area (Å²) >= 11 is 12.8. The minimum atomic E-state index is -3.66. The van der Waals surface area contributed by atoms with Crippen LogP contribution in [0, 0.1) is 11.3 Å². The number of allylic oxidation sites excluding steroid dienone is 1. The van der Waals surface area contributed by atoms with Crippen LogP contribution in [0.2, 0.25) is 0 Å². The Morgan fingerprint density at radius 3 is 2.50 bits per heavy atom. The number of hydrogen-bond acceptors (Lipinski definition) is 5. The van der Waals surface area contributed by atoms with Gasteiger partial charge in [0.1, 0.15) is 9.99 Å². The van der Waals surface area contributed by atoms with E-state index in [-0.39, 0.29) is 33.0 Å². The fraction of sp³-hybridized carbons (Fsp3) is 0.389. The van der Waals surface area contributed by atoms with Crippen LogP contribution in [-0.4, -0.2) is 19.8 Å². The Morgan fingerprint density at radius 2 is 1.96 bits per heavy atom. The lowest BCUT2D eigenvalue weighted by Gasteiger charge is -2.29. The van der Waals surface area contributed by atoms with E-state index >= 15 is 0 Å². The summed E-state index contributed by atoms with van der Waals surface area (Å²) in [7, 11) is -3.66. The summed E-state index contributed by atoms with van der Waals surface area (Å²) in [6.45, 7) is 5.85. The van der Waals surface area contributed by atoms with Crippen molar-refractivity contribution < 1.29 is 13.2 Å². The minimum absolute atomic E-state index is 0.00148. The molecule has 0 fully saturated rings. The average Bonchev–Trinajstić information content (AvgIpc) is 3.06. The molecular formula is C18H23Cl2N3O3S2. The highest BCUT2D eigenvalue weighted by molar-refractivity contribution is 8.03. The average molecular weight is 464 g/mol. The van der Waals surface area contributed by atoms with Gasteiger partial charge in [-0.15, -0.1) is 0 Å². The van der Waals surface area contributed by atoms with Crippen molar-refractivity contribution in [1.29, 1.82) is 0 Å². The Bertz CT molecular complexity index is 857. The molecule has 0 saturated carbocycles. The molecule has 0 aliphatic carbocycles. The molecule has 2 unspecified atom stereocenters. The van der Waals surface area contributed by atoms with Crippen molar-refractivity contribution in [2.75, 3.05) is 5.32 Å². The van der Waals surface area contributed by atoms with Crippen LogP contribution in [0.5, 0.6) is 0 Å². The van der Waals surface area contributed by atoms with Gasteiger partial charge in [-0.05, 0) is 41.0 Å². The number of thioether (sulfide) groups is 1. The predicted octanol–water partition coefficient (Wildman–Crippen LogP) is 4.37. The van der Waals surface area contributed by atoms with Gasteiger partial charge in [-0.25, -0.2) is 8.42 Å². The van der Waals surface area contributed by atoms with E-state index < -0.39 is 15.5 Å². The second kappa shape index (κ2) is 9.54. The highest BCUT2D eigenvalue weighted by atomic mass is 35.5. The van der Waals surface area contributed by atoms with Crippen molar-refractivity contribution in [3.05, 3.63) is 46.4 Å². The molecule has 0 spiro atoms. The molecule has 1 heterocycles. The summed E-state index contributed by atoms with van der Waals surface area (Å²) in [5.41, 5.74) is -0.260. The molecule has 1 amide bonds. The standard InChI is InChI=1S/C18H23Cl2N3O3S2/c1-12(10-15(19)20)18(2,3)11-16(24)22-13-4-6-14(7-5-13)28(25,26)23-17-21-8-9-27-17/h4-10,12,17,21,23H,11H2,1-3H3,(H,22,24). The first-order valence-electron chi connectivity index (χ1n) is 8.51. The lowest BCUT2D eigenvalue weighted by molar-refractivity contribution is -0.118. The van der Waals surface area contributed by atoms with Crippen LogP contribution in [0.1, 0.15) is 27.2 Å². The molecule has 1 aromatic rings. The highest BCUT2D eigenvalue weighted by Crippen LogP contribution is 2.33. The Hall–Kier alpha value is -1.19. The lowest BCUT2D eigenvalue weighted by Crippen LogP contribution is -2.38. The zero-order valence-corrected chi connectivity index (χ0v) is 18.8. The summed E-state index contributed by atoms with van der Waals surface area (Å²) in [6, 6.07) is 6.03. The SMILES string of the molecule is CC(C=C(Cl)Cl)C(C)(C)CC(=O)Nc1ccc(S(=O)(=O)NC2NC=CS2)cc1. The van der Waals surface area contributed by atoms with Gasteiger partial charge in [-0.2, -0.15) is 4.72 Å². The first kappa shape index (κ1) is 23.1. The molecule has 28 heavy (non-hydrogen) atoms. The molecule has 1 aliphatic rings. The van der Waals surface area contributed by atoms with E-state index in [2.05, 4.69) is 15.4 Å². The van der Waals surface area contributed by atoms with Gasteiger partial charge in [0.15, 0.2) is 0 Å². The van der Waals surface area contributed by atoms with Crippen molar-refractivity contribution in [3.8, 4) is 0 Å². The van der Waals surface area contributed by atoms with Crippen LogP contribution in [0.25, 0.3) is 0 Å². The van der Waals surface area contributed by atoms with Crippen molar-refractivity contribution in [2.24, 2.45) is 11.3 Å². The quantitative estimate of drug-likeness (QED) is 0.532. The first-order valence-corrected chi connectivity index (χ1v) is 11.7. The number of sulfonamides is 1. The fourth-order valence-electron chi connectivity index (χ4n) is 2.47. The molecule has 6 nitrogen and oxygen atoms in total. The molecule has 2 atom stereocenters. The third kappa shape index (κ3) is 6.70. The van der Waals surface area contributed by atoms with Gasteiger partial charge in [0.25, 0.3) is 0 Å². The number of benzene rings is 1. The molecule has 2 rings (SSSR count). The van der Waals surface area contributed by atoms with Gasteiger partial charge in [0.2, 0.25) is 15.9 Å². The van der Waals surface area contributed by atoms with Crippen LogP contribution >= 0.6 is 35.0 Å². The van der Waals surface area contributed by atoms with E-state index in [0.29, 0.717) is 5.69 Å². The largest absolute Gasteiger partial charge is 0.366 e. The molecule has 154 valence electrons. The van der Waals surface area contributed by atoms with Crippen LogP contribution in [0.4, 0.5) is 5.69 Å². The molecule has 0 radical (unpaired) electrons. The molecule has 1 aromatic carbocycles. The van der Waals surface area contributed by atoms with Crippen LogP contribution in [0.15, 0.2) is 51.3 Å². The molecule has 0 aromatic heterocycles. The van der Waals surface area contributed by atoms with Crippen LogP contribution < -0.4 is 15.4 Å². The maximum Gasteiger partial charge on any atom is 0.242 e. The van der Waals surface area contributed by atoms with Crippen LogP contribution in [-0.2, 0) is 14.8 Å². The van der Waals surface area contributed by atoms with Crippen molar-refractivity contribution in [3.63, 3.8) is 0 Å². The number of carbonyl (C=O) groups is 1. The van der Waals surface area contributed by atoms with Crippen molar-refractivity contribution in [1.82, 2.24) is 10.0 Å². The van der Waals surface area contributed by atoms with Gasteiger partial charge in [0.05, 0.1) is 4.90 Å². The number of carbonyl (C=O) groups excluding carboxylic acids is 1. The monoisotopic (exact) mass is 463 g/mol.